The molecule has 1 atom stereocenters. The zero-order chi connectivity index (χ0) is 18.2. The Morgan fingerprint density at radius 2 is 2.12 bits per heavy atom. The molecule has 0 aromatic heterocycles. The molecular weight excluding hydrogens is 320 g/mol. The van der Waals surface area contributed by atoms with Crippen LogP contribution in [0.3, 0.4) is 0 Å². The first-order chi connectivity index (χ1) is 12.0. The number of anilines is 1. The molecule has 0 radical (unpaired) electrons. The third-order valence-corrected chi connectivity index (χ3v) is 3.87. The molecule has 6 nitrogen and oxygen atoms in total. The van der Waals surface area contributed by atoms with Gasteiger partial charge in [0.25, 0.3) is 5.91 Å². The second-order valence-corrected chi connectivity index (χ2v) is 6.64. The van der Waals surface area contributed by atoms with Crippen LogP contribution in [-0.4, -0.2) is 44.2 Å². The van der Waals surface area contributed by atoms with Crippen LogP contribution in [0.2, 0.25) is 0 Å². The summed E-state index contributed by atoms with van der Waals surface area (Å²) in [6.07, 6.45) is 0.519. The largest absolute Gasteiger partial charge is 0.479 e. The van der Waals surface area contributed by atoms with Gasteiger partial charge in [0.05, 0.1) is 5.69 Å². The summed E-state index contributed by atoms with van der Waals surface area (Å²) >= 11 is 0. The van der Waals surface area contributed by atoms with Crippen molar-refractivity contribution in [2.24, 2.45) is 5.92 Å². The van der Waals surface area contributed by atoms with Crippen molar-refractivity contribution in [1.82, 2.24) is 5.32 Å². The Kier molecular flexibility index (Phi) is 7.25. The van der Waals surface area contributed by atoms with Crippen LogP contribution in [0.15, 0.2) is 24.3 Å². The zero-order valence-electron chi connectivity index (χ0n) is 15.3. The number of hydrogen-bond acceptors (Lipinski definition) is 4. The Labute approximate surface area is 149 Å². The zero-order valence-corrected chi connectivity index (χ0v) is 15.3. The molecule has 2 rings (SSSR count). The first-order valence-electron chi connectivity index (χ1n) is 8.90. The number of benzene rings is 1. The van der Waals surface area contributed by atoms with Gasteiger partial charge >= 0.3 is 0 Å². The standard InChI is InChI=1S/C19H28N2O4/c1-14(2)13-24-12-6-10-20-18(22)9-11-21-16-7-4-5-8-17(16)25-15(3)19(21)23/h4-5,7-8,14-15H,6,9-13H2,1-3H3,(H,20,22). The molecule has 1 unspecified atom stereocenters. The van der Waals surface area contributed by atoms with Gasteiger partial charge in [-0.05, 0) is 31.4 Å². The summed E-state index contributed by atoms with van der Waals surface area (Å²) in [6.45, 7) is 8.25. The van der Waals surface area contributed by atoms with E-state index in [2.05, 4.69) is 19.2 Å². The van der Waals surface area contributed by atoms with E-state index < -0.39 is 6.10 Å². The van der Waals surface area contributed by atoms with Crippen LogP contribution >= 0.6 is 0 Å². The van der Waals surface area contributed by atoms with Crippen LogP contribution in [0.5, 0.6) is 5.75 Å². The molecule has 0 bridgehead atoms. The molecular formula is C19H28N2O4. The highest BCUT2D eigenvalue weighted by atomic mass is 16.5. The lowest BCUT2D eigenvalue weighted by Gasteiger charge is -2.32. The Bertz CT molecular complexity index is 589. The van der Waals surface area contributed by atoms with Gasteiger partial charge in [-0.25, -0.2) is 0 Å². The van der Waals surface area contributed by atoms with Gasteiger partial charge in [-0.1, -0.05) is 26.0 Å². The average molecular weight is 348 g/mol. The van der Waals surface area contributed by atoms with Crippen molar-refractivity contribution in [3.8, 4) is 5.75 Å². The van der Waals surface area contributed by atoms with E-state index in [-0.39, 0.29) is 18.2 Å². The number of carbonyl (C=O) groups excluding carboxylic acids is 2. The number of rotatable bonds is 9. The van der Waals surface area contributed by atoms with E-state index >= 15 is 0 Å². The fourth-order valence-electron chi connectivity index (χ4n) is 2.61. The maximum Gasteiger partial charge on any atom is 0.267 e. The Balaban J connectivity index is 1.75. The van der Waals surface area contributed by atoms with Crippen molar-refractivity contribution in [2.45, 2.75) is 39.7 Å². The van der Waals surface area contributed by atoms with Gasteiger partial charge in [0.15, 0.2) is 6.10 Å². The van der Waals surface area contributed by atoms with Crippen LogP contribution in [0, 0.1) is 5.92 Å². The van der Waals surface area contributed by atoms with Gasteiger partial charge < -0.3 is 19.7 Å². The molecule has 0 fully saturated rings. The van der Waals surface area contributed by atoms with Crippen LogP contribution < -0.4 is 15.0 Å². The van der Waals surface area contributed by atoms with Crippen molar-refractivity contribution in [1.29, 1.82) is 0 Å². The number of nitrogens with zero attached hydrogens (tertiary/aromatic N) is 1. The second-order valence-electron chi connectivity index (χ2n) is 6.64. The van der Waals surface area contributed by atoms with Crippen molar-refractivity contribution >= 4 is 17.5 Å². The van der Waals surface area contributed by atoms with Gasteiger partial charge in [-0.3, -0.25) is 9.59 Å². The number of fused-ring (bicyclic) bond motifs is 1. The molecule has 0 saturated carbocycles. The van der Waals surface area contributed by atoms with Gasteiger partial charge in [-0.2, -0.15) is 0 Å². The number of hydrogen-bond donors (Lipinski definition) is 1. The maximum atomic E-state index is 12.3. The summed E-state index contributed by atoms with van der Waals surface area (Å²) in [4.78, 5) is 26.0. The summed E-state index contributed by atoms with van der Waals surface area (Å²) in [5, 5.41) is 2.87. The fourth-order valence-corrected chi connectivity index (χ4v) is 2.61. The van der Waals surface area contributed by atoms with E-state index in [1.165, 1.54) is 0 Å². The van der Waals surface area contributed by atoms with Crippen LogP contribution in [0.1, 0.15) is 33.6 Å². The molecule has 0 aliphatic carbocycles. The maximum absolute atomic E-state index is 12.3. The minimum Gasteiger partial charge on any atom is -0.479 e. The normalized spacial score (nSPS) is 16.6. The van der Waals surface area contributed by atoms with Crippen molar-refractivity contribution < 1.29 is 19.1 Å². The Hall–Kier alpha value is -2.08. The first-order valence-corrected chi connectivity index (χ1v) is 8.90. The SMILES string of the molecule is CC(C)COCCCNC(=O)CCN1C(=O)C(C)Oc2ccccc21. The molecule has 2 amide bonds. The predicted molar refractivity (Wildman–Crippen MR) is 96.8 cm³/mol. The van der Waals surface area contributed by atoms with Gasteiger partial charge in [-0.15, -0.1) is 0 Å². The number of carbonyl (C=O) groups is 2. The molecule has 1 aliphatic rings. The average Bonchev–Trinajstić information content (AvgIpc) is 2.58. The van der Waals surface area contributed by atoms with Crippen molar-refractivity contribution in [3.05, 3.63) is 24.3 Å². The Morgan fingerprint density at radius 3 is 2.88 bits per heavy atom. The van der Waals surface area contributed by atoms with E-state index in [9.17, 15) is 9.59 Å². The quantitative estimate of drug-likeness (QED) is 0.696. The number of amides is 2. The molecule has 1 N–H and O–H groups in total. The third-order valence-electron chi connectivity index (χ3n) is 3.87. The monoisotopic (exact) mass is 348 g/mol. The minimum atomic E-state index is -0.531. The van der Waals surface area contributed by atoms with E-state index in [1.54, 1.807) is 11.8 Å². The first kappa shape index (κ1) is 19.2. The highest BCUT2D eigenvalue weighted by Crippen LogP contribution is 2.33. The summed E-state index contributed by atoms with van der Waals surface area (Å²) < 4.78 is 11.1. The van der Waals surface area contributed by atoms with E-state index in [0.29, 0.717) is 31.4 Å². The molecule has 1 heterocycles. The number of ether oxygens (including phenoxy) is 2. The third kappa shape index (κ3) is 5.74. The molecule has 25 heavy (non-hydrogen) atoms. The topological polar surface area (TPSA) is 67.9 Å². The molecule has 0 saturated heterocycles. The van der Waals surface area contributed by atoms with Crippen LogP contribution in [0.4, 0.5) is 5.69 Å². The molecule has 1 aromatic rings. The lowest BCUT2D eigenvalue weighted by molar-refractivity contribution is -0.125. The van der Waals surface area contributed by atoms with Crippen molar-refractivity contribution in [3.63, 3.8) is 0 Å². The molecule has 0 spiro atoms. The van der Waals surface area contributed by atoms with Gasteiger partial charge in [0.1, 0.15) is 5.75 Å². The highest BCUT2D eigenvalue weighted by Gasteiger charge is 2.31. The van der Waals surface area contributed by atoms with Gasteiger partial charge in [0.2, 0.25) is 5.91 Å². The molecule has 1 aromatic carbocycles. The van der Waals surface area contributed by atoms with Crippen molar-refractivity contribution in [2.75, 3.05) is 31.2 Å². The van der Waals surface area contributed by atoms with Gasteiger partial charge in [0, 0.05) is 32.7 Å². The lowest BCUT2D eigenvalue weighted by Crippen LogP contribution is -2.45. The van der Waals surface area contributed by atoms with E-state index in [1.807, 2.05) is 24.3 Å². The summed E-state index contributed by atoms with van der Waals surface area (Å²) in [6, 6.07) is 7.40. The predicted octanol–water partition coefficient (Wildman–Crippen LogP) is 2.37. The van der Waals surface area contributed by atoms with Crippen LogP contribution in [0.25, 0.3) is 0 Å². The second kappa shape index (κ2) is 9.42. The lowest BCUT2D eigenvalue weighted by atomic mass is 10.1. The summed E-state index contributed by atoms with van der Waals surface area (Å²) in [5.41, 5.74) is 0.723. The fraction of sp³-hybridized carbons (Fsp3) is 0.579. The highest BCUT2D eigenvalue weighted by molar-refractivity contribution is 6.00. The molecule has 6 heteroatoms. The molecule has 1 aliphatic heterocycles. The number of nitrogens with one attached hydrogen (secondary N) is 1. The summed E-state index contributed by atoms with van der Waals surface area (Å²) in [7, 11) is 0. The smallest absolute Gasteiger partial charge is 0.267 e. The Morgan fingerprint density at radius 1 is 1.36 bits per heavy atom. The van der Waals surface area contributed by atoms with Crippen LogP contribution in [-0.2, 0) is 14.3 Å². The van der Waals surface area contributed by atoms with E-state index in [0.717, 1.165) is 18.7 Å². The number of para-hydroxylation sites is 2. The minimum absolute atomic E-state index is 0.0618. The van der Waals surface area contributed by atoms with E-state index in [4.69, 9.17) is 9.47 Å². The molecule has 138 valence electrons. The summed E-state index contributed by atoms with van der Waals surface area (Å²) in [5.74, 6) is 1.02.